The van der Waals surface area contributed by atoms with Gasteiger partial charge >= 0.3 is 0 Å². The van der Waals surface area contributed by atoms with Crippen LogP contribution in [0.2, 0.25) is 0 Å². The first-order valence-corrected chi connectivity index (χ1v) is 4.54. The molecule has 0 aliphatic heterocycles. The minimum absolute atomic E-state index is 0.116. The molecule has 0 aromatic carbocycles. The largest absolute Gasteiger partial charge is 0.322 e. The zero-order chi connectivity index (χ0) is 10.7. The molecule has 6 heteroatoms. The van der Waals surface area contributed by atoms with Gasteiger partial charge in [-0.3, -0.25) is 0 Å². The Hall–Kier alpha value is -1.82. The van der Waals surface area contributed by atoms with E-state index in [2.05, 4.69) is 20.3 Å². The summed E-state index contributed by atoms with van der Waals surface area (Å²) in [7, 11) is 0. The molecule has 0 saturated carbocycles. The van der Waals surface area contributed by atoms with Gasteiger partial charge in [-0.1, -0.05) is 0 Å². The quantitative estimate of drug-likeness (QED) is 0.790. The Morgan fingerprint density at radius 3 is 2.80 bits per heavy atom. The standard InChI is InChI=1S/C9H6FN4S/c10-6-2-1-4-11-8(6)13-7-3-5-12-9(15)14-7/h1-5H,(H,11,12,13,14). The lowest BCUT2D eigenvalue weighted by Crippen LogP contribution is -1.99. The van der Waals surface area contributed by atoms with Crippen LogP contribution in [-0.4, -0.2) is 15.0 Å². The van der Waals surface area contributed by atoms with E-state index < -0.39 is 5.82 Å². The van der Waals surface area contributed by atoms with E-state index >= 15 is 0 Å². The van der Waals surface area contributed by atoms with Crippen LogP contribution in [0, 0.1) is 5.82 Å². The number of hydrogen-bond acceptors (Lipinski definition) is 4. The lowest BCUT2D eigenvalue weighted by molar-refractivity contribution is 0.626. The van der Waals surface area contributed by atoms with Gasteiger partial charge in [0, 0.05) is 12.4 Å². The van der Waals surface area contributed by atoms with Crippen molar-refractivity contribution in [2.75, 3.05) is 5.32 Å². The maximum absolute atomic E-state index is 13.2. The predicted octanol–water partition coefficient (Wildman–Crippen LogP) is 2.31. The molecule has 0 bridgehead atoms. The number of rotatable bonds is 2. The second-order valence-corrected chi connectivity index (χ2v) is 3.05. The number of nitrogens with zero attached hydrogens (tertiary/aromatic N) is 3. The first-order valence-electron chi connectivity index (χ1n) is 4.13. The monoisotopic (exact) mass is 221 g/mol. The van der Waals surface area contributed by atoms with Crippen LogP contribution >= 0.6 is 12.6 Å². The van der Waals surface area contributed by atoms with Crippen molar-refractivity contribution in [2.45, 2.75) is 5.16 Å². The van der Waals surface area contributed by atoms with Gasteiger partial charge in [-0.15, -0.1) is 0 Å². The number of nitrogens with one attached hydrogen (secondary N) is 1. The predicted molar refractivity (Wildman–Crippen MR) is 55.4 cm³/mol. The molecule has 0 unspecified atom stereocenters. The summed E-state index contributed by atoms with van der Waals surface area (Å²) in [4.78, 5) is 11.5. The molecule has 1 radical (unpaired) electrons. The van der Waals surface area contributed by atoms with Gasteiger partial charge in [-0.25, -0.2) is 19.3 Å². The summed E-state index contributed by atoms with van der Waals surface area (Å²) in [5, 5.41) is 2.91. The minimum atomic E-state index is -0.443. The van der Waals surface area contributed by atoms with E-state index in [9.17, 15) is 4.39 Å². The lowest BCUT2D eigenvalue weighted by atomic mass is 10.4. The lowest BCUT2D eigenvalue weighted by Gasteiger charge is -2.04. The van der Waals surface area contributed by atoms with Gasteiger partial charge < -0.3 is 5.32 Å². The minimum Gasteiger partial charge on any atom is -0.322 e. The van der Waals surface area contributed by atoms with Crippen LogP contribution in [0.4, 0.5) is 16.0 Å². The highest BCUT2D eigenvalue weighted by Crippen LogP contribution is 2.14. The highest BCUT2D eigenvalue weighted by Gasteiger charge is 2.03. The van der Waals surface area contributed by atoms with Crippen LogP contribution in [-0.2, 0) is 0 Å². The zero-order valence-corrected chi connectivity index (χ0v) is 8.33. The summed E-state index contributed by atoms with van der Waals surface area (Å²) < 4.78 is 13.2. The Kier molecular flexibility index (Phi) is 2.68. The third-order valence-corrected chi connectivity index (χ3v) is 1.84. The molecule has 0 saturated heterocycles. The fourth-order valence-electron chi connectivity index (χ4n) is 1.01. The van der Waals surface area contributed by atoms with E-state index in [0.29, 0.717) is 5.82 Å². The molecular weight excluding hydrogens is 215 g/mol. The summed E-state index contributed by atoms with van der Waals surface area (Å²) in [6.45, 7) is 0. The van der Waals surface area contributed by atoms with Gasteiger partial charge in [0.25, 0.3) is 0 Å². The van der Waals surface area contributed by atoms with Crippen molar-refractivity contribution in [3.05, 3.63) is 36.4 Å². The van der Waals surface area contributed by atoms with Crippen molar-refractivity contribution in [3.63, 3.8) is 0 Å². The molecular formula is C9H6FN4S. The molecule has 4 nitrogen and oxygen atoms in total. The van der Waals surface area contributed by atoms with Crippen molar-refractivity contribution in [3.8, 4) is 0 Å². The van der Waals surface area contributed by atoms with Crippen LogP contribution in [0.1, 0.15) is 0 Å². The average molecular weight is 221 g/mol. The summed E-state index contributed by atoms with van der Waals surface area (Å²) in [6, 6.07) is 4.41. The molecule has 0 atom stereocenters. The molecule has 0 fully saturated rings. The Balaban J connectivity index is 2.26. The fraction of sp³-hybridized carbons (Fsp3) is 0. The number of pyridine rings is 1. The van der Waals surface area contributed by atoms with Gasteiger partial charge in [-0.05, 0) is 30.8 Å². The van der Waals surface area contributed by atoms with Crippen molar-refractivity contribution >= 4 is 24.3 Å². The Bertz CT molecular complexity index is 477. The molecule has 0 aliphatic rings. The molecule has 0 amide bonds. The maximum atomic E-state index is 13.2. The molecule has 75 valence electrons. The molecule has 0 spiro atoms. The first kappa shape index (κ1) is 9.72. The normalized spacial score (nSPS) is 9.93. The number of aromatic nitrogens is 3. The third kappa shape index (κ3) is 2.35. The number of halogens is 1. The first-order chi connectivity index (χ1) is 7.25. The van der Waals surface area contributed by atoms with Gasteiger partial charge in [0.05, 0.1) is 0 Å². The summed E-state index contributed by atoms with van der Waals surface area (Å²) in [5.74, 6) is 0.0974. The van der Waals surface area contributed by atoms with Crippen LogP contribution < -0.4 is 5.32 Å². The highest BCUT2D eigenvalue weighted by molar-refractivity contribution is 7.80. The number of anilines is 2. The Morgan fingerprint density at radius 2 is 2.07 bits per heavy atom. The van der Waals surface area contributed by atoms with E-state index in [1.165, 1.54) is 24.5 Å². The van der Waals surface area contributed by atoms with Gasteiger partial charge in [0.2, 0.25) is 5.16 Å². The second-order valence-electron chi connectivity index (χ2n) is 2.68. The second kappa shape index (κ2) is 4.14. The smallest absolute Gasteiger partial charge is 0.221 e. The van der Waals surface area contributed by atoms with Gasteiger partial charge in [0.1, 0.15) is 5.82 Å². The van der Waals surface area contributed by atoms with E-state index in [1.54, 1.807) is 6.07 Å². The van der Waals surface area contributed by atoms with E-state index in [4.69, 9.17) is 12.6 Å². The zero-order valence-electron chi connectivity index (χ0n) is 7.51. The van der Waals surface area contributed by atoms with Crippen molar-refractivity contribution in [2.24, 2.45) is 0 Å². The molecule has 2 aromatic heterocycles. The topological polar surface area (TPSA) is 50.7 Å². The molecule has 15 heavy (non-hydrogen) atoms. The van der Waals surface area contributed by atoms with Crippen molar-refractivity contribution < 1.29 is 4.39 Å². The van der Waals surface area contributed by atoms with Crippen LogP contribution in [0.15, 0.2) is 35.7 Å². The van der Waals surface area contributed by atoms with Crippen molar-refractivity contribution in [1.29, 1.82) is 0 Å². The Labute approximate surface area is 91.0 Å². The van der Waals surface area contributed by atoms with Crippen LogP contribution in [0.25, 0.3) is 0 Å². The molecule has 1 N–H and O–H groups in total. The fourth-order valence-corrected chi connectivity index (χ4v) is 1.17. The number of hydrogen-bond donors (Lipinski definition) is 1. The molecule has 2 aromatic rings. The van der Waals surface area contributed by atoms with Gasteiger partial charge in [0.15, 0.2) is 11.6 Å². The van der Waals surface area contributed by atoms with E-state index in [-0.39, 0.29) is 11.0 Å². The molecule has 2 rings (SSSR count). The summed E-state index contributed by atoms with van der Waals surface area (Å²) >= 11 is 4.77. The maximum Gasteiger partial charge on any atom is 0.221 e. The van der Waals surface area contributed by atoms with E-state index in [0.717, 1.165) is 0 Å². The molecule has 0 aliphatic carbocycles. The van der Waals surface area contributed by atoms with Crippen molar-refractivity contribution in [1.82, 2.24) is 15.0 Å². The highest BCUT2D eigenvalue weighted by atomic mass is 32.1. The SMILES string of the molecule is Fc1cccnc1Nc1ccnc([S])n1. The van der Waals surface area contributed by atoms with Crippen LogP contribution in [0.3, 0.4) is 0 Å². The Morgan fingerprint density at radius 1 is 1.20 bits per heavy atom. The van der Waals surface area contributed by atoms with Gasteiger partial charge in [-0.2, -0.15) is 0 Å². The summed E-state index contributed by atoms with van der Waals surface area (Å²) in [5.41, 5.74) is 0. The van der Waals surface area contributed by atoms with Crippen LogP contribution in [0.5, 0.6) is 0 Å². The third-order valence-electron chi connectivity index (χ3n) is 1.64. The average Bonchev–Trinajstić information content (AvgIpc) is 2.22. The van der Waals surface area contributed by atoms with E-state index in [1.807, 2.05) is 0 Å². The summed E-state index contributed by atoms with van der Waals surface area (Å²) in [6.07, 6.45) is 2.99. The molecule has 2 heterocycles.